The molecule has 92 valence electrons. The summed E-state index contributed by atoms with van der Waals surface area (Å²) in [6.45, 7) is 1.88. The molecule has 6 heteroatoms. The van der Waals surface area contributed by atoms with Crippen LogP contribution in [0.3, 0.4) is 0 Å². The fraction of sp³-hybridized carbons (Fsp3) is 0.455. The van der Waals surface area contributed by atoms with E-state index in [1.165, 1.54) is 0 Å². The van der Waals surface area contributed by atoms with Gasteiger partial charge in [0.05, 0.1) is 18.0 Å². The molecule has 3 rings (SSSR count). The number of rotatable bonds is 1. The van der Waals surface area contributed by atoms with Crippen molar-refractivity contribution in [1.82, 2.24) is 0 Å². The lowest BCUT2D eigenvalue weighted by Gasteiger charge is -2.40. The molecule has 1 unspecified atom stereocenters. The zero-order chi connectivity index (χ0) is 11.3. The molecular formula is C11H13BrClN3O. The average Bonchev–Trinajstić information content (AvgIpc) is 2.53. The van der Waals surface area contributed by atoms with Crippen molar-refractivity contribution in [3.05, 3.63) is 23.8 Å². The molecule has 17 heavy (non-hydrogen) atoms. The lowest BCUT2D eigenvalue weighted by Crippen LogP contribution is -3.07. The number of halogens is 2. The number of aliphatic imine (C=N–C) groups is 2. The fourth-order valence-electron chi connectivity index (χ4n) is 2.51. The van der Waals surface area contributed by atoms with Gasteiger partial charge in [0, 0.05) is 21.8 Å². The van der Waals surface area contributed by atoms with Crippen LogP contribution in [0, 0.1) is 5.92 Å². The normalized spacial score (nSPS) is 38.4. The second-order valence-corrected chi connectivity index (χ2v) is 5.56. The molecule has 2 N–H and O–H groups in total. The van der Waals surface area contributed by atoms with E-state index in [4.69, 9.17) is 0 Å². The number of allylic oxidation sites excluding steroid dienone is 2. The fourth-order valence-corrected chi connectivity index (χ4v) is 3.05. The highest BCUT2D eigenvalue weighted by Crippen LogP contribution is 2.43. The minimum atomic E-state index is -0.509. The molecule has 0 bridgehead atoms. The quantitative estimate of drug-likeness (QED) is 0.519. The van der Waals surface area contributed by atoms with Crippen molar-refractivity contribution in [3.63, 3.8) is 0 Å². The van der Waals surface area contributed by atoms with Crippen LogP contribution in [0.1, 0.15) is 19.8 Å². The largest absolute Gasteiger partial charge is 1.00 e. The molecule has 0 aromatic heterocycles. The highest BCUT2D eigenvalue weighted by molar-refractivity contribution is 9.18. The van der Waals surface area contributed by atoms with Crippen molar-refractivity contribution in [1.29, 1.82) is 0 Å². The maximum absolute atomic E-state index is 9.77. The third kappa shape index (κ3) is 2.12. The molecule has 2 heterocycles. The van der Waals surface area contributed by atoms with Gasteiger partial charge in [0.2, 0.25) is 0 Å². The van der Waals surface area contributed by atoms with Crippen molar-refractivity contribution in [3.8, 4) is 0 Å². The van der Waals surface area contributed by atoms with Crippen LogP contribution in [0.25, 0.3) is 0 Å². The Morgan fingerprint density at radius 3 is 2.88 bits per heavy atom. The Kier molecular flexibility index (Phi) is 3.29. The van der Waals surface area contributed by atoms with Gasteiger partial charge in [0.1, 0.15) is 11.9 Å². The maximum Gasteiger partial charge on any atom is 0.279 e. The summed E-state index contributed by atoms with van der Waals surface area (Å²) in [7, 11) is 0. The summed E-state index contributed by atoms with van der Waals surface area (Å²) in [5, 5.41) is 9.77. The zero-order valence-electron chi connectivity index (χ0n) is 9.32. The molecule has 3 aliphatic rings. The van der Waals surface area contributed by atoms with Gasteiger partial charge in [-0.15, -0.1) is 0 Å². The second-order valence-electron chi connectivity index (χ2n) is 4.81. The van der Waals surface area contributed by atoms with Crippen LogP contribution in [-0.2, 0) is 0 Å². The van der Waals surface area contributed by atoms with Crippen molar-refractivity contribution in [2.24, 2.45) is 15.9 Å². The first kappa shape index (κ1) is 13.0. The van der Waals surface area contributed by atoms with Crippen molar-refractivity contribution in [2.45, 2.75) is 25.4 Å². The third-order valence-corrected chi connectivity index (χ3v) is 3.90. The Morgan fingerprint density at radius 2 is 2.24 bits per heavy atom. The van der Waals surface area contributed by atoms with Crippen LogP contribution in [-0.4, -0.2) is 21.7 Å². The van der Waals surface area contributed by atoms with Crippen LogP contribution in [0.4, 0.5) is 0 Å². The summed E-state index contributed by atoms with van der Waals surface area (Å²) in [5.41, 5.74) is 1.67. The summed E-state index contributed by atoms with van der Waals surface area (Å²) in [6, 6.07) is 0. The van der Waals surface area contributed by atoms with E-state index in [9.17, 15) is 5.11 Å². The Labute approximate surface area is 114 Å². The van der Waals surface area contributed by atoms with E-state index in [2.05, 4.69) is 25.9 Å². The van der Waals surface area contributed by atoms with E-state index in [0.29, 0.717) is 5.92 Å². The van der Waals surface area contributed by atoms with Gasteiger partial charge in [-0.25, -0.2) is 4.90 Å². The second kappa shape index (κ2) is 4.31. The molecule has 0 radical (unpaired) electrons. The van der Waals surface area contributed by atoms with Gasteiger partial charge in [-0.05, 0) is 19.8 Å². The van der Waals surface area contributed by atoms with E-state index >= 15 is 0 Å². The standard InChI is InChI=1S/C11H12BrN3O.ClH/c1-11(16)4-7(5-11)9-8-6-13-2-3-15(8)10(12)14-9;/h2-3,6-7,16H,4-5H2,1H3;1H. The number of hydrogen-bond acceptors (Lipinski definition) is 3. The van der Waals surface area contributed by atoms with E-state index in [0.717, 1.165) is 33.9 Å². The molecule has 2 aliphatic heterocycles. The van der Waals surface area contributed by atoms with E-state index in [1.54, 1.807) is 6.20 Å². The molecule has 0 spiro atoms. The predicted octanol–water partition coefficient (Wildman–Crippen LogP) is -2.43. The van der Waals surface area contributed by atoms with Crippen molar-refractivity contribution < 1.29 is 22.4 Å². The Morgan fingerprint density at radius 1 is 1.53 bits per heavy atom. The summed E-state index contributed by atoms with van der Waals surface area (Å²) >= 11 is 3.47. The van der Waals surface area contributed by atoms with Gasteiger partial charge in [-0.3, -0.25) is 4.99 Å². The average molecular weight is 319 g/mol. The molecule has 0 saturated heterocycles. The Balaban J connectivity index is 0.00000108. The van der Waals surface area contributed by atoms with Crippen LogP contribution >= 0.6 is 15.9 Å². The number of nitrogens with zero attached hydrogens (tertiary/aromatic N) is 2. The van der Waals surface area contributed by atoms with E-state index in [1.807, 2.05) is 19.3 Å². The summed E-state index contributed by atoms with van der Waals surface area (Å²) in [6.07, 6.45) is 7.18. The van der Waals surface area contributed by atoms with Gasteiger partial charge in [0.15, 0.2) is 5.70 Å². The first-order valence-corrected chi connectivity index (χ1v) is 6.14. The molecule has 1 aliphatic carbocycles. The summed E-state index contributed by atoms with van der Waals surface area (Å²) < 4.78 is 0.881. The van der Waals surface area contributed by atoms with Gasteiger partial charge in [0.25, 0.3) is 4.74 Å². The molecule has 1 atom stereocenters. The van der Waals surface area contributed by atoms with Crippen molar-refractivity contribution >= 4 is 26.9 Å². The smallest absolute Gasteiger partial charge is 0.279 e. The minimum Gasteiger partial charge on any atom is -1.00 e. The molecule has 1 saturated carbocycles. The van der Waals surface area contributed by atoms with Crippen molar-refractivity contribution in [2.75, 3.05) is 0 Å². The minimum absolute atomic E-state index is 0. The number of fused-ring (bicyclic) bond motifs is 1. The number of hydrogen-bond donors (Lipinski definition) is 2. The zero-order valence-corrected chi connectivity index (χ0v) is 11.7. The number of nitrogens with one attached hydrogen (secondary N) is 1. The number of aliphatic hydroxyl groups is 1. The van der Waals surface area contributed by atoms with E-state index < -0.39 is 5.60 Å². The number of amidine groups is 1. The lowest BCUT2D eigenvalue weighted by molar-refractivity contribution is -0.685. The van der Waals surface area contributed by atoms with Crippen LogP contribution < -0.4 is 17.3 Å². The first-order chi connectivity index (χ1) is 7.57. The molecule has 0 aromatic rings. The van der Waals surface area contributed by atoms with Gasteiger partial charge >= 0.3 is 0 Å². The van der Waals surface area contributed by atoms with Crippen LogP contribution in [0.2, 0.25) is 0 Å². The summed E-state index contributed by atoms with van der Waals surface area (Å²) in [5.74, 6) is 0.369. The third-order valence-electron chi connectivity index (χ3n) is 3.30. The lowest BCUT2D eigenvalue weighted by atomic mass is 9.70. The van der Waals surface area contributed by atoms with Gasteiger partial charge in [-0.1, -0.05) is 0 Å². The maximum atomic E-state index is 9.77. The van der Waals surface area contributed by atoms with Gasteiger partial charge in [-0.2, -0.15) is 4.99 Å². The Bertz CT molecular complexity index is 459. The highest BCUT2D eigenvalue weighted by Gasteiger charge is 2.45. The van der Waals surface area contributed by atoms with E-state index in [-0.39, 0.29) is 12.4 Å². The molecule has 0 aromatic carbocycles. The highest BCUT2D eigenvalue weighted by atomic mass is 79.9. The van der Waals surface area contributed by atoms with Crippen LogP contribution in [0.15, 0.2) is 33.8 Å². The summed E-state index contributed by atoms with van der Waals surface area (Å²) in [4.78, 5) is 9.79. The molecule has 1 fully saturated rings. The first-order valence-electron chi connectivity index (χ1n) is 5.35. The molecule has 4 nitrogen and oxygen atoms in total. The topological polar surface area (TPSA) is 49.4 Å². The van der Waals surface area contributed by atoms with Gasteiger partial charge < -0.3 is 17.5 Å². The Hall–Kier alpha value is -0.490. The molecule has 0 amide bonds. The van der Waals surface area contributed by atoms with Crippen LogP contribution in [0.5, 0.6) is 0 Å². The SMILES string of the molecule is CC1(O)CC(C2=C3C=NC=C[NH+]3C(Br)=N2)C1.[Cl-]. The number of quaternary nitrogens is 1. The monoisotopic (exact) mass is 317 g/mol. The predicted molar refractivity (Wildman–Crippen MR) is 65.3 cm³/mol. The molecular weight excluding hydrogens is 305 g/mol.